The highest BCUT2D eigenvalue weighted by Crippen LogP contribution is 2.29. The van der Waals surface area contributed by atoms with Crippen molar-refractivity contribution in [3.63, 3.8) is 0 Å². The number of nitrogens with one attached hydrogen (secondary N) is 1. The summed E-state index contributed by atoms with van der Waals surface area (Å²) in [5.74, 6) is 0. The Morgan fingerprint density at radius 3 is 2.94 bits per heavy atom. The number of para-hydroxylation sites is 1. The molecule has 0 aliphatic carbocycles. The predicted octanol–water partition coefficient (Wildman–Crippen LogP) is 1.71. The van der Waals surface area contributed by atoms with Gasteiger partial charge in [0.2, 0.25) is 0 Å². The van der Waals surface area contributed by atoms with Gasteiger partial charge in [0.1, 0.15) is 0 Å². The summed E-state index contributed by atoms with van der Waals surface area (Å²) in [6, 6.07) is 7.53. The van der Waals surface area contributed by atoms with Crippen LogP contribution in [0.25, 0.3) is 0 Å². The van der Waals surface area contributed by atoms with Crippen molar-refractivity contribution in [2.24, 2.45) is 0 Å². The van der Waals surface area contributed by atoms with Gasteiger partial charge in [-0.3, -0.25) is 4.57 Å². The maximum absolute atomic E-state index is 11.5. The molecular formula is C11H14N4OS. The van der Waals surface area contributed by atoms with Crippen molar-refractivity contribution in [1.82, 2.24) is 14.8 Å². The molecular weight excluding hydrogens is 236 g/mol. The average Bonchev–Trinajstić information content (AvgIpc) is 2.65. The number of nitrogens with zero attached hydrogens (tertiary/aromatic N) is 2. The van der Waals surface area contributed by atoms with Crippen molar-refractivity contribution in [2.75, 3.05) is 5.73 Å². The predicted molar refractivity (Wildman–Crippen MR) is 68.1 cm³/mol. The molecule has 1 aromatic carbocycles. The minimum atomic E-state index is -0.177. The van der Waals surface area contributed by atoms with Gasteiger partial charge in [0, 0.05) is 17.1 Å². The normalized spacial score (nSPS) is 10.6. The Balaban J connectivity index is 2.30. The number of anilines is 1. The molecule has 0 unspecified atom stereocenters. The molecule has 0 radical (unpaired) electrons. The van der Waals surface area contributed by atoms with Crippen molar-refractivity contribution in [2.45, 2.75) is 29.9 Å². The van der Waals surface area contributed by atoms with E-state index in [9.17, 15) is 4.79 Å². The number of rotatable bonds is 4. The number of nitrogens with two attached hydrogens (primary N) is 1. The average molecular weight is 250 g/mol. The fourth-order valence-electron chi connectivity index (χ4n) is 1.47. The third-order valence-electron chi connectivity index (χ3n) is 2.29. The van der Waals surface area contributed by atoms with E-state index in [2.05, 4.69) is 10.2 Å². The van der Waals surface area contributed by atoms with Gasteiger partial charge in [-0.25, -0.2) is 9.89 Å². The van der Waals surface area contributed by atoms with Crippen LogP contribution in [0, 0.1) is 0 Å². The van der Waals surface area contributed by atoms with Crippen LogP contribution in [0.15, 0.2) is 39.1 Å². The minimum absolute atomic E-state index is 0.177. The van der Waals surface area contributed by atoms with E-state index in [-0.39, 0.29) is 5.69 Å². The highest BCUT2D eigenvalue weighted by Gasteiger charge is 2.10. The van der Waals surface area contributed by atoms with Crippen LogP contribution in [0.4, 0.5) is 5.69 Å². The first-order chi connectivity index (χ1) is 8.22. The molecule has 0 bridgehead atoms. The molecule has 5 nitrogen and oxygen atoms in total. The highest BCUT2D eigenvalue weighted by atomic mass is 32.2. The summed E-state index contributed by atoms with van der Waals surface area (Å²) in [5.41, 5.74) is 6.37. The number of aromatic amines is 1. The molecule has 2 aromatic rings. The van der Waals surface area contributed by atoms with Crippen LogP contribution in [-0.2, 0) is 6.54 Å². The maximum atomic E-state index is 11.5. The number of hydrogen-bond acceptors (Lipinski definition) is 4. The highest BCUT2D eigenvalue weighted by molar-refractivity contribution is 7.99. The lowest BCUT2D eigenvalue weighted by atomic mass is 10.3. The number of nitrogen functional groups attached to an aromatic ring is 1. The summed E-state index contributed by atoms with van der Waals surface area (Å²) < 4.78 is 1.62. The van der Waals surface area contributed by atoms with Crippen LogP contribution in [0.3, 0.4) is 0 Å². The van der Waals surface area contributed by atoms with Gasteiger partial charge in [0.05, 0.1) is 0 Å². The summed E-state index contributed by atoms with van der Waals surface area (Å²) in [6.07, 6.45) is 0.886. The standard InChI is InChI=1S/C11H14N4OS/c1-2-7-15-10(16)13-14-11(15)17-9-6-4-3-5-8(9)12/h3-6H,2,7,12H2,1H3,(H,13,16). The Hall–Kier alpha value is -1.69. The Kier molecular flexibility index (Phi) is 3.53. The summed E-state index contributed by atoms with van der Waals surface area (Å²) in [4.78, 5) is 12.4. The fraction of sp³-hybridized carbons (Fsp3) is 0.273. The molecule has 0 amide bonds. The van der Waals surface area contributed by atoms with Crippen LogP contribution in [0.2, 0.25) is 0 Å². The second-order valence-corrected chi connectivity index (χ2v) is 4.61. The molecule has 0 spiro atoms. The van der Waals surface area contributed by atoms with E-state index in [0.29, 0.717) is 17.4 Å². The molecule has 6 heteroatoms. The number of H-pyrrole nitrogens is 1. The smallest absolute Gasteiger partial charge is 0.343 e. The van der Waals surface area contributed by atoms with Crippen molar-refractivity contribution in [3.8, 4) is 0 Å². The third-order valence-corrected chi connectivity index (χ3v) is 3.38. The molecule has 0 atom stereocenters. The molecule has 0 aliphatic rings. The zero-order valence-corrected chi connectivity index (χ0v) is 10.3. The lowest BCUT2D eigenvalue weighted by Crippen LogP contribution is -2.17. The molecule has 1 heterocycles. The Labute approximate surface area is 103 Å². The van der Waals surface area contributed by atoms with E-state index in [4.69, 9.17) is 5.73 Å². The van der Waals surface area contributed by atoms with E-state index < -0.39 is 0 Å². The van der Waals surface area contributed by atoms with Crippen LogP contribution in [0.1, 0.15) is 13.3 Å². The van der Waals surface area contributed by atoms with Crippen LogP contribution in [0.5, 0.6) is 0 Å². The van der Waals surface area contributed by atoms with Crippen molar-refractivity contribution in [1.29, 1.82) is 0 Å². The lowest BCUT2D eigenvalue weighted by molar-refractivity contribution is 0.604. The fourth-order valence-corrected chi connectivity index (χ4v) is 2.38. The Bertz CT molecular complexity index is 561. The first kappa shape index (κ1) is 11.8. The van der Waals surface area contributed by atoms with E-state index in [0.717, 1.165) is 11.3 Å². The molecule has 17 heavy (non-hydrogen) atoms. The second kappa shape index (κ2) is 5.09. The van der Waals surface area contributed by atoms with Crippen LogP contribution in [-0.4, -0.2) is 14.8 Å². The number of aromatic nitrogens is 3. The van der Waals surface area contributed by atoms with Gasteiger partial charge in [-0.15, -0.1) is 5.10 Å². The molecule has 3 N–H and O–H groups in total. The van der Waals surface area contributed by atoms with Crippen molar-refractivity contribution >= 4 is 17.4 Å². The first-order valence-electron chi connectivity index (χ1n) is 5.40. The quantitative estimate of drug-likeness (QED) is 0.810. The van der Waals surface area contributed by atoms with E-state index in [1.54, 1.807) is 4.57 Å². The van der Waals surface area contributed by atoms with Gasteiger partial charge in [0.15, 0.2) is 5.16 Å². The molecule has 0 saturated heterocycles. The Morgan fingerprint density at radius 2 is 2.24 bits per heavy atom. The lowest BCUT2D eigenvalue weighted by Gasteiger charge is -2.05. The third kappa shape index (κ3) is 2.52. The summed E-state index contributed by atoms with van der Waals surface area (Å²) >= 11 is 1.40. The summed E-state index contributed by atoms with van der Waals surface area (Å²) in [5, 5.41) is 7.11. The van der Waals surface area contributed by atoms with Crippen molar-refractivity contribution in [3.05, 3.63) is 34.7 Å². The van der Waals surface area contributed by atoms with E-state index in [1.165, 1.54) is 11.8 Å². The largest absolute Gasteiger partial charge is 0.398 e. The molecule has 2 rings (SSSR count). The second-order valence-electron chi connectivity index (χ2n) is 3.60. The molecule has 1 aromatic heterocycles. The summed E-state index contributed by atoms with van der Waals surface area (Å²) in [6.45, 7) is 2.68. The SMILES string of the molecule is CCCn1c(Sc2ccccc2N)n[nH]c1=O. The van der Waals surface area contributed by atoms with Gasteiger partial charge < -0.3 is 5.73 Å². The Morgan fingerprint density at radius 1 is 1.47 bits per heavy atom. The zero-order chi connectivity index (χ0) is 12.3. The van der Waals surface area contributed by atoms with E-state index in [1.807, 2.05) is 31.2 Å². The first-order valence-corrected chi connectivity index (χ1v) is 6.21. The van der Waals surface area contributed by atoms with Gasteiger partial charge in [-0.2, -0.15) is 0 Å². The molecule has 0 aliphatic heterocycles. The molecule has 90 valence electrons. The minimum Gasteiger partial charge on any atom is -0.398 e. The van der Waals surface area contributed by atoms with Gasteiger partial charge in [-0.05, 0) is 30.3 Å². The zero-order valence-electron chi connectivity index (χ0n) is 9.51. The van der Waals surface area contributed by atoms with Crippen LogP contribution < -0.4 is 11.4 Å². The van der Waals surface area contributed by atoms with Gasteiger partial charge in [0.25, 0.3) is 0 Å². The molecule has 0 fully saturated rings. The van der Waals surface area contributed by atoms with Gasteiger partial charge in [-0.1, -0.05) is 19.1 Å². The summed E-state index contributed by atoms with van der Waals surface area (Å²) in [7, 11) is 0. The van der Waals surface area contributed by atoms with Gasteiger partial charge >= 0.3 is 5.69 Å². The van der Waals surface area contributed by atoms with Crippen molar-refractivity contribution < 1.29 is 0 Å². The topological polar surface area (TPSA) is 76.7 Å². The monoisotopic (exact) mass is 250 g/mol. The number of hydrogen-bond donors (Lipinski definition) is 2. The van der Waals surface area contributed by atoms with Crippen LogP contribution >= 0.6 is 11.8 Å². The maximum Gasteiger partial charge on any atom is 0.343 e. The van der Waals surface area contributed by atoms with E-state index >= 15 is 0 Å². The number of benzene rings is 1. The molecule has 0 saturated carbocycles.